The molecule has 0 saturated carbocycles. The normalized spacial score (nSPS) is 11.0. The lowest BCUT2D eigenvalue weighted by Gasteiger charge is -1.93. The quantitative estimate of drug-likeness (QED) is 0.462. The van der Waals surface area contributed by atoms with Gasteiger partial charge in [-0.3, -0.25) is 4.99 Å². The van der Waals surface area contributed by atoms with E-state index in [4.69, 9.17) is 0 Å². The molecule has 1 aromatic heterocycles. The first kappa shape index (κ1) is 21.4. The molecule has 130 valence electrons. The molecule has 0 spiro atoms. The summed E-state index contributed by atoms with van der Waals surface area (Å²) in [5.74, 6) is 0.856. The summed E-state index contributed by atoms with van der Waals surface area (Å²) in [6.45, 7) is 12.8. The second-order valence-electron chi connectivity index (χ2n) is 4.40. The summed E-state index contributed by atoms with van der Waals surface area (Å²) in [4.78, 5) is 11.5. The Morgan fingerprint density at radius 3 is 2.54 bits per heavy atom. The fraction of sp³-hybridized carbons (Fsp3) is 0.300. The number of nitrogens with one attached hydrogen (secondary N) is 2. The molecular weight excluding hydrogens is 296 g/mol. The second-order valence-corrected chi connectivity index (χ2v) is 4.40. The Kier molecular flexibility index (Phi) is 12.5. The average molecular weight is 326 g/mol. The first-order valence-electron chi connectivity index (χ1n) is 8.31. The van der Waals surface area contributed by atoms with Crippen LogP contribution in [0.4, 0.5) is 0 Å². The second kappa shape index (κ2) is 14.0. The van der Waals surface area contributed by atoms with Crippen LogP contribution in [0.5, 0.6) is 0 Å². The van der Waals surface area contributed by atoms with Gasteiger partial charge in [0, 0.05) is 19.2 Å². The maximum atomic E-state index is 4.51. The van der Waals surface area contributed by atoms with Crippen LogP contribution < -0.4 is 5.32 Å². The molecule has 0 radical (unpaired) electrons. The number of fused-ring (bicyclic) bond motifs is 1. The smallest absolute Gasteiger partial charge is 0.138 e. The third-order valence-electron chi connectivity index (χ3n) is 2.78. The molecule has 0 bridgehead atoms. The lowest BCUT2D eigenvalue weighted by molar-refractivity contribution is 0.984. The van der Waals surface area contributed by atoms with Crippen molar-refractivity contribution < 1.29 is 0 Å². The van der Waals surface area contributed by atoms with Crippen LogP contribution in [0.25, 0.3) is 16.6 Å². The van der Waals surface area contributed by atoms with Gasteiger partial charge < -0.3 is 10.3 Å². The van der Waals surface area contributed by atoms with E-state index in [0.29, 0.717) is 0 Å². The topological polar surface area (TPSA) is 53.1 Å². The number of benzene rings is 1. The lowest BCUT2D eigenvalue weighted by atomic mass is 10.2. The molecule has 0 unspecified atom stereocenters. The molecule has 24 heavy (non-hydrogen) atoms. The van der Waals surface area contributed by atoms with Gasteiger partial charge in [0.1, 0.15) is 5.82 Å². The van der Waals surface area contributed by atoms with E-state index in [-0.39, 0.29) is 0 Å². The molecule has 4 heteroatoms. The highest BCUT2D eigenvalue weighted by atomic mass is 14.9. The van der Waals surface area contributed by atoms with Gasteiger partial charge in [-0.05, 0) is 26.0 Å². The molecule has 0 aliphatic carbocycles. The Labute approximate surface area is 146 Å². The van der Waals surface area contributed by atoms with Crippen molar-refractivity contribution in [3.63, 3.8) is 0 Å². The third-order valence-corrected chi connectivity index (χ3v) is 2.78. The molecule has 2 rings (SSSR count). The summed E-state index contributed by atoms with van der Waals surface area (Å²) < 4.78 is 0. The Morgan fingerprint density at radius 1 is 1.33 bits per heavy atom. The van der Waals surface area contributed by atoms with E-state index in [1.165, 1.54) is 0 Å². The molecular formula is C20H30N4. The number of H-pyrrole nitrogens is 1. The van der Waals surface area contributed by atoms with E-state index in [2.05, 4.69) is 26.9 Å². The number of allylic oxidation sites excluding steroid dienone is 5. The monoisotopic (exact) mass is 326 g/mol. The highest BCUT2D eigenvalue weighted by Crippen LogP contribution is 2.17. The van der Waals surface area contributed by atoms with E-state index in [1.807, 2.05) is 70.2 Å². The molecule has 0 aliphatic rings. The fourth-order valence-corrected chi connectivity index (χ4v) is 1.72. The number of aliphatic imine (C=N–C) groups is 1. The van der Waals surface area contributed by atoms with E-state index in [9.17, 15) is 0 Å². The maximum Gasteiger partial charge on any atom is 0.138 e. The molecule has 4 nitrogen and oxygen atoms in total. The molecule has 2 N–H and O–H groups in total. The Bertz CT molecular complexity index is 630. The summed E-state index contributed by atoms with van der Waals surface area (Å²) in [6, 6.07) is 7.98. The summed E-state index contributed by atoms with van der Waals surface area (Å²) in [6.07, 6.45) is 9.43. The van der Waals surface area contributed by atoms with Crippen LogP contribution in [0, 0.1) is 0 Å². The summed E-state index contributed by atoms with van der Waals surface area (Å²) in [7, 11) is 1.74. The summed E-state index contributed by atoms with van der Waals surface area (Å²) in [5.41, 5.74) is 3.02. The molecule has 0 atom stereocenters. The maximum absolute atomic E-state index is 4.51. The van der Waals surface area contributed by atoms with E-state index in [0.717, 1.165) is 29.0 Å². The van der Waals surface area contributed by atoms with Gasteiger partial charge in [-0.15, -0.1) is 0 Å². The summed E-state index contributed by atoms with van der Waals surface area (Å²) >= 11 is 0. The molecule has 0 saturated heterocycles. The number of aromatic nitrogens is 2. The van der Waals surface area contributed by atoms with Crippen molar-refractivity contribution in [3.8, 4) is 0 Å². The van der Waals surface area contributed by atoms with Gasteiger partial charge in [0.25, 0.3) is 0 Å². The highest BCUT2D eigenvalue weighted by Gasteiger charge is 2.03. The van der Waals surface area contributed by atoms with Crippen LogP contribution in [0.1, 0.15) is 33.5 Å². The van der Waals surface area contributed by atoms with E-state index in [1.54, 1.807) is 19.5 Å². The zero-order valence-corrected chi connectivity index (χ0v) is 15.5. The van der Waals surface area contributed by atoms with Crippen molar-refractivity contribution in [3.05, 3.63) is 61.0 Å². The molecule has 1 heterocycles. The van der Waals surface area contributed by atoms with Crippen molar-refractivity contribution in [2.45, 2.75) is 27.7 Å². The third kappa shape index (κ3) is 7.58. The first-order valence-corrected chi connectivity index (χ1v) is 8.31. The predicted octanol–water partition coefficient (Wildman–Crippen LogP) is 4.99. The SMILES string of the molecule is C=C/C(=C\C=C/C)c1nc2ccccc2[nH]1.CC.CCNC=NC. The number of nitrogens with zero attached hydrogens (tertiary/aromatic N) is 2. The fourth-order valence-electron chi connectivity index (χ4n) is 1.72. The number of aromatic amines is 1. The number of hydrogen-bond acceptors (Lipinski definition) is 2. The molecule has 0 fully saturated rings. The molecule has 2 aromatic rings. The van der Waals surface area contributed by atoms with Crippen LogP contribution in [-0.2, 0) is 0 Å². The van der Waals surface area contributed by atoms with E-state index >= 15 is 0 Å². The van der Waals surface area contributed by atoms with Crippen LogP contribution in [0.15, 0.2) is 60.1 Å². The molecule has 0 amide bonds. The van der Waals surface area contributed by atoms with Crippen LogP contribution in [0.2, 0.25) is 0 Å². The van der Waals surface area contributed by atoms with Crippen molar-refractivity contribution in [1.82, 2.24) is 15.3 Å². The predicted molar refractivity (Wildman–Crippen MR) is 109 cm³/mol. The minimum absolute atomic E-state index is 0.856. The lowest BCUT2D eigenvalue weighted by Crippen LogP contribution is -2.08. The zero-order valence-electron chi connectivity index (χ0n) is 15.5. The van der Waals surface area contributed by atoms with Crippen LogP contribution >= 0.6 is 0 Å². The van der Waals surface area contributed by atoms with Crippen molar-refractivity contribution in [1.29, 1.82) is 0 Å². The van der Waals surface area contributed by atoms with Crippen LogP contribution in [-0.4, -0.2) is 29.9 Å². The molecule has 0 aliphatic heterocycles. The van der Waals surface area contributed by atoms with E-state index < -0.39 is 0 Å². The van der Waals surface area contributed by atoms with Crippen molar-refractivity contribution in [2.24, 2.45) is 4.99 Å². The summed E-state index contributed by atoms with van der Waals surface area (Å²) in [5, 5.41) is 2.91. The number of rotatable bonds is 5. The van der Waals surface area contributed by atoms with Crippen molar-refractivity contribution in [2.75, 3.05) is 13.6 Å². The largest absolute Gasteiger partial charge is 0.377 e. The Balaban J connectivity index is 0.000000563. The Hall–Kier alpha value is -2.62. The van der Waals surface area contributed by atoms with Gasteiger partial charge in [-0.25, -0.2) is 4.98 Å². The minimum Gasteiger partial charge on any atom is -0.377 e. The number of para-hydroxylation sites is 2. The van der Waals surface area contributed by atoms with Crippen LogP contribution in [0.3, 0.4) is 0 Å². The number of hydrogen-bond donors (Lipinski definition) is 2. The van der Waals surface area contributed by atoms with Gasteiger partial charge >= 0.3 is 0 Å². The minimum atomic E-state index is 0.856. The first-order chi connectivity index (χ1) is 11.8. The zero-order chi connectivity index (χ0) is 18.2. The van der Waals surface area contributed by atoms with Gasteiger partial charge in [-0.1, -0.05) is 56.9 Å². The molecule has 1 aromatic carbocycles. The number of imidazole rings is 1. The standard InChI is InChI=1S/C14H14N2.C4H10N2.C2H6/c1-3-5-8-11(4-2)14-15-12-9-6-7-10-13(12)16-14;1-3-6-4-5-2;1-2/h3-10H,2H2,1H3,(H,15,16);4H,3H2,1-2H3,(H,5,6);1-2H3/b5-3-,11-8+;;. The average Bonchev–Trinajstić information content (AvgIpc) is 3.07. The van der Waals surface area contributed by atoms with Gasteiger partial charge in [0.2, 0.25) is 0 Å². The Morgan fingerprint density at radius 2 is 2.04 bits per heavy atom. The van der Waals surface area contributed by atoms with Gasteiger partial charge in [0.05, 0.1) is 17.4 Å². The highest BCUT2D eigenvalue weighted by molar-refractivity contribution is 5.81. The van der Waals surface area contributed by atoms with Crippen molar-refractivity contribution >= 4 is 22.9 Å². The van der Waals surface area contributed by atoms with Gasteiger partial charge in [0.15, 0.2) is 0 Å². The van der Waals surface area contributed by atoms with Gasteiger partial charge in [-0.2, -0.15) is 0 Å².